The van der Waals surface area contributed by atoms with Crippen LogP contribution in [0.5, 0.6) is 11.5 Å². The molecule has 2 N–H and O–H groups in total. The van der Waals surface area contributed by atoms with Crippen LogP contribution in [-0.4, -0.2) is 64.9 Å². The molecule has 0 aromatic heterocycles. The number of ether oxygens (including phenoxy) is 2. The Hall–Kier alpha value is -1.22. The van der Waals surface area contributed by atoms with Crippen molar-refractivity contribution in [3.05, 3.63) is 23.8 Å². The summed E-state index contributed by atoms with van der Waals surface area (Å²) in [4.78, 5) is 6.55. The van der Waals surface area contributed by atoms with Gasteiger partial charge in [-0.2, -0.15) is 0 Å². The van der Waals surface area contributed by atoms with Gasteiger partial charge in [-0.3, -0.25) is 4.99 Å². The molecule has 1 aromatic carbocycles. The molecule has 0 fully saturated rings. The first-order valence-electron chi connectivity index (χ1n) is 8.37. The first kappa shape index (κ1) is 23.8. The second-order valence-corrected chi connectivity index (χ2v) is 5.94. The van der Waals surface area contributed by atoms with Gasteiger partial charge in [-0.25, -0.2) is 0 Å². The normalized spacial score (nSPS) is 11.3. The summed E-state index contributed by atoms with van der Waals surface area (Å²) in [5.41, 5.74) is 1.19. The predicted octanol–water partition coefficient (Wildman–Crippen LogP) is 2.37. The molecule has 0 saturated heterocycles. The van der Waals surface area contributed by atoms with Crippen molar-refractivity contribution >= 4 is 29.9 Å². The number of hydrogen-bond acceptors (Lipinski definition) is 4. The quantitative estimate of drug-likeness (QED) is 0.334. The molecule has 0 saturated carbocycles. The number of halogens is 1. The van der Waals surface area contributed by atoms with Crippen molar-refractivity contribution in [3.8, 4) is 11.5 Å². The largest absolute Gasteiger partial charge is 0.493 e. The molecule has 25 heavy (non-hydrogen) atoms. The Morgan fingerprint density at radius 3 is 2.32 bits per heavy atom. The van der Waals surface area contributed by atoms with Gasteiger partial charge in [0.25, 0.3) is 0 Å². The molecule has 0 aliphatic rings. The SMILES string of the molecule is CN=C(NCCc1ccc(OC)c(OC)c1)NCCN(C)C(C)C.I. The second kappa shape index (κ2) is 13.0. The van der Waals surface area contributed by atoms with Crippen molar-refractivity contribution in [2.75, 3.05) is 47.9 Å². The highest BCUT2D eigenvalue weighted by Gasteiger charge is 2.06. The standard InChI is InChI=1S/C18H32N4O2.HI/c1-14(2)22(4)12-11-21-18(19-3)20-10-9-15-7-8-16(23-5)17(13-15)24-6;/h7-8,13-14H,9-12H2,1-6H3,(H2,19,20,21);1H. The lowest BCUT2D eigenvalue weighted by atomic mass is 10.1. The van der Waals surface area contributed by atoms with Gasteiger partial charge in [-0.1, -0.05) is 6.07 Å². The molecular formula is C18H33IN4O2. The summed E-state index contributed by atoms with van der Waals surface area (Å²) >= 11 is 0. The molecule has 0 aliphatic carbocycles. The van der Waals surface area contributed by atoms with Crippen LogP contribution in [0.2, 0.25) is 0 Å². The number of nitrogens with zero attached hydrogens (tertiary/aromatic N) is 2. The maximum Gasteiger partial charge on any atom is 0.191 e. The number of aliphatic imine (C=N–C) groups is 1. The molecule has 0 aliphatic heterocycles. The highest BCUT2D eigenvalue weighted by Crippen LogP contribution is 2.27. The van der Waals surface area contributed by atoms with Gasteiger partial charge in [-0.15, -0.1) is 24.0 Å². The van der Waals surface area contributed by atoms with E-state index in [0.717, 1.165) is 43.5 Å². The fraction of sp³-hybridized carbons (Fsp3) is 0.611. The van der Waals surface area contributed by atoms with Crippen LogP contribution in [-0.2, 0) is 6.42 Å². The fourth-order valence-electron chi connectivity index (χ4n) is 2.19. The number of methoxy groups -OCH3 is 2. The Balaban J connectivity index is 0.00000576. The first-order valence-corrected chi connectivity index (χ1v) is 8.37. The Kier molecular flexibility index (Phi) is 12.4. The highest BCUT2D eigenvalue weighted by atomic mass is 127. The van der Waals surface area contributed by atoms with Gasteiger partial charge in [-0.05, 0) is 45.0 Å². The lowest BCUT2D eigenvalue weighted by Crippen LogP contribution is -2.42. The van der Waals surface area contributed by atoms with Crippen LogP contribution >= 0.6 is 24.0 Å². The summed E-state index contributed by atoms with van der Waals surface area (Å²) in [6.07, 6.45) is 0.882. The van der Waals surface area contributed by atoms with E-state index in [1.54, 1.807) is 21.3 Å². The predicted molar refractivity (Wildman–Crippen MR) is 116 cm³/mol. The van der Waals surface area contributed by atoms with Crippen molar-refractivity contribution < 1.29 is 9.47 Å². The molecule has 1 rings (SSSR count). The van der Waals surface area contributed by atoms with E-state index in [1.165, 1.54) is 5.56 Å². The average Bonchev–Trinajstić information content (AvgIpc) is 2.59. The van der Waals surface area contributed by atoms with Crippen molar-refractivity contribution in [2.24, 2.45) is 4.99 Å². The van der Waals surface area contributed by atoms with Crippen molar-refractivity contribution in [2.45, 2.75) is 26.3 Å². The van der Waals surface area contributed by atoms with E-state index in [2.05, 4.69) is 47.5 Å². The molecule has 144 valence electrons. The van der Waals surface area contributed by atoms with E-state index in [1.807, 2.05) is 12.1 Å². The van der Waals surface area contributed by atoms with E-state index in [4.69, 9.17) is 9.47 Å². The number of rotatable bonds is 9. The van der Waals surface area contributed by atoms with Gasteiger partial charge in [0.05, 0.1) is 14.2 Å². The van der Waals surface area contributed by atoms with Gasteiger partial charge in [0.15, 0.2) is 17.5 Å². The van der Waals surface area contributed by atoms with E-state index in [9.17, 15) is 0 Å². The highest BCUT2D eigenvalue weighted by molar-refractivity contribution is 14.0. The van der Waals surface area contributed by atoms with Crippen LogP contribution in [0.25, 0.3) is 0 Å². The van der Waals surface area contributed by atoms with Gasteiger partial charge >= 0.3 is 0 Å². The Bertz CT molecular complexity index is 524. The average molecular weight is 464 g/mol. The topological polar surface area (TPSA) is 58.1 Å². The minimum absolute atomic E-state index is 0. The molecule has 1 aromatic rings. The van der Waals surface area contributed by atoms with Crippen molar-refractivity contribution in [3.63, 3.8) is 0 Å². The van der Waals surface area contributed by atoms with Gasteiger partial charge in [0.1, 0.15) is 0 Å². The Labute approximate surface area is 169 Å². The molecule has 0 spiro atoms. The summed E-state index contributed by atoms with van der Waals surface area (Å²) in [5.74, 6) is 2.34. The van der Waals surface area contributed by atoms with Gasteiger partial charge in [0.2, 0.25) is 0 Å². The monoisotopic (exact) mass is 464 g/mol. The molecule has 0 bridgehead atoms. The van der Waals surface area contributed by atoms with Crippen LogP contribution in [0.4, 0.5) is 0 Å². The molecule has 0 radical (unpaired) electrons. The van der Waals surface area contributed by atoms with E-state index < -0.39 is 0 Å². The molecule has 7 heteroatoms. The van der Waals surface area contributed by atoms with Crippen LogP contribution in [0.15, 0.2) is 23.2 Å². The van der Waals surface area contributed by atoms with E-state index in [0.29, 0.717) is 6.04 Å². The Morgan fingerprint density at radius 1 is 1.12 bits per heavy atom. The summed E-state index contributed by atoms with van der Waals surface area (Å²) in [5, 5.41) is 6.67. The summed E-state index contributed by atoms with van der Waals surface area (Å²) in [6.45, 7) is 7.03. The third-order valence-electron chi connectivity index (χ3n) is 4.02. The molecule has 0 atom stereocenters. The summed E-state index contributed by atoms with van der Waals surface area (Å²) < 4.78 is 10.6. The third kappa shape index (κ3) is 8.62. The smallest absolute Gasteiger partial charge is 0.191 e. The molecule has 6 nitrogen and oxygen atoms in total. The van der Waals surface area contributed by atoms with Crippen LogP contribution in [0.3, 0.4) is 0 Å². The second-order valence-electron chi connectivity index (χ2n) is 5.94. The number of hydrogen-bond donors (Lipinski definition) is 2. The van der Waals surface area contributed by atoms with Crippen LogP contribution in [0.1, 0.15) is 19.4 Å². The maximum absolute atomic E-state index is 5.33. The van der Waals surface area contributed by atoms with Gasteiger partial charge < -0.3 is 25.0 Å². The van der Waals surface area contributed by atoms with Gasteiger partial charge in [0, 0.05) is 32.7 Å². The zero-order chi connectivity index (χ0) is 17.9. The molecular weight excluding hydrogens is 431 g/mol. The van der Waals surface area contributed by atoms with Crippen LogP contribution < -0.4 is 20.1 Å². The van der Waals surface area contributed by atoms with E-state index >= 15 is 0 Å². The maximum atomic E-state index is 5.33. The first-order chi connectivity index (χ1) is 11.5. The third-order valence-corrected chi connectivity index (χ3v) is 4.02. The molecule has 0 unspecified atom stereocenters. The van der Waals surface area contributed by atoms with Crippen molar-refractivity contribution in [1.29, 1.82) is 0 Å². The zero-order valence-electron chi connectivity index (χ0n) is 16.3. The number of nitrogens with one attached hydrogen (secondary N) is 2. The molecule has 0 heterocycles. The lowest BCUT2D eigenvalue weighted by molar-refractivity contribution is 0.278. The number of likely N-dealkylation sites (N-methyl/N-ethyl adjacent to an activating group) is 1. The van der Waals surface area contributed by atoms with Crippen LogP contribution in [0, 0.1) is 0 Å². The minimum atomic E-state index is 0. The lowest BCUT2D eigenvalue weighted by Gasteiger charge is -2.21. The molecule has 0 amide bonds. The fourth-order valence-corrected chi connectivity index (χ4v) is 2.19. The zero-order valence-corrected chi connectivity index (χ0v) is 18.6. The minimum Gasteiger partial charge on any atom is -0.493 e. The number of guanidine groups is 1. The number of benzene rings is 1. The van der Waals surface area contributed by atoms with E-state index in [-0.39, 0.29) is 24.0 Å². The summed E-state index contributed by atoms with van der Waals surface area (Å²) in [7, 11) is 7.21. The Morgan fingerprint density at radius 2 is 1.76 bits per heavy atom. The summed E-state index contributed by atoms with van der Waals surface area (Å²) in [6, 6.07) is 6.54. The van der Waals surface area contributed by atoms with Crippen molar-refractivity contribution in [1.82, 2.24) is 15.5 Å².